The quantitative estimate of drug-likeness (QED) is 0.779. The maximum absolute atomic E-state index is 6.12. The zero-order valence-corrected chi connectivity index (χ0v) is 15.0. The van der Waals surface area contributed by atoms with E-state index in [-0.39, 0.29) is 17.9 Å². The average molecular weight is 373 g/mol. The monoisotopic (exact) mass is 373 g/mol. The standard InChI is InChI=1S/C17H23N7O3/c18-15-12(10-20-17(19)23-15)16-21-13(24-3-7-26-8-4-24)9-14(22-16)27-11-1-5-25-6-2-11/h9-11H,1-8H2,(H4,18,19,20,23). The molecule has 4 heterocycles. The lowest BCUT2D eigenvalue weighted by molar-refractivity contribution is 0.0237. The second-order valence-electron chi connectivity index (χ2n) is 6.44. The molecule has 0 spiro atoms. The average Bonchev–Trinajstić information content (AvgIpc) is 2.69. The molecule has 0 unspecified atom stereocenters. The molecule has 0 aliphatic carbocycles. The molecule has 2 aromatic heterocycles. The Morgan fingerprint density at radius 3 is 2.48 bits per heavy atom. The fourth-order valence-corrected chi connectivity index (χ4v) is 3.09. The smallest absolute Gasteiger partial charge is 0.221 e. The van der Waals surface area contributed by atoms with Crippen LogP contribution < -0.4 is 21.1 Å². The minimum absolute atomic E-state index is 0.0686. The molecule has 2 fully saturated rings. The molecule has 0 radical (unpaired) electrons. The zero-order valence-electron chi connectivity index (χ0n) is 15.0. The van der Waals surface area contributed by atoms with E-state index in [1.165, 1.54) is 6.20 Å². The molecule has 0 aromatic carbocycles. The Bertz CT molecular complexity index is 792. The van der Waals surface area contributed by atoms with E-state index in [1.54, 1.807) is 0 Å². The summed E-state index contributed by atoms with van der Waals surface area (Å²) in [5, 5.41) is 0. The normalized spacial score (nSPS) is 18.4. The molecular weight excluding hydrogens is 350 g/mol. The predicted molar refractivity (Wildman–Crippen MR) is 99.4 cm³/mol. The molecular formula is C17H23N7O3. The van der Waals surface area contributed by atoms with Gasteiger partial charge < -0.3 is 30.6 Å². The van der Waals surface area contributed by atoms with Gasteiger partial charge in [0.25, 0.3) is 0 Å². The van der Waals surface area contributed by atoms with Gasteiger partial charge in [-0.15, -0.1) is 0 Å². The molecule has 2 aromatic rings. The Morgan fingerprint density at radius 2 is 1.74 bits per heavy atom. The topological polar surface area (TPSA) is 135 Å². The molecule has 4 N–H and O–H groups in total. The van der Waals surface area contributed by atoms with Crippen molar-refractivity contribution < 1.29 is 14.2 Å². The number of morpholine rings is 1. The molecule has 0 bridgehead atoms. The largest absolute Gasteiger partial charge is 0.474 e. The van der Waals surface area contributed by atoms with Crippen molar-refractivity contribution in [1.29, 1.82) is 0 Å². The van der Waals surface area contributed by atoms with Gasteiger partial charge in [0.1, 0.15) is 17.7 Å². The van der Waals surface area contributed by atoms with Crippen molar-refractivity contribution in [3.8, 4) is 17.3 Å². The van der Waals surface area contributed by atoms with Crippen molar-refractivity contribution in [3.05, 3.63) is 12.3 Å². The summed E-state index contributed by atoms with van der Waals surface area (Å²) in [6, 6.07) is 1.86. The third-order valence-corrected chi connectivity index (χ3v) is 4.56. The lowest BCUT2D eigenvalue weighted by Crippen LogP contribution is -2.37. The van der Waals surface area contributed by atoms with Gasteiger partial charge in [-0.2, -0.15) is 9.97 Å². The summed E-state index contributed by atoms with van der Waals surface area (Å²) in [4.78, 5) is 19.4. The van der Waals surface area contributed by atoms with Crippen molar-refractivity contribution in [1.82, 2.24) is 19.9 Å². The number of ether oxygens (including phenoxy) is 3. The number of aromatic nitrogens is 4. The van der Waals surface area contributed by atoms with Crippen LogP contribution in [0.25, 0.3) is 11.4 Å². The summed E-state index contributed by atoms with van der Waals surface area (Å²) in [5.74, 6) is 2.03. The van der Waals surface area contributed by atoms with Gasteiger partial charge in [-0.05, 0) is 0 Å². The molecule has 2 aliphatic heterocycles. The molecule has 0 amide bonds. The Labute approximate surface area is 156 Å². The van der Waals surface area contributed by atoms with Gasteiger partial charge in [-0.3, -0.25) is 0 Å². The molecule has 10 heteroatoms. The maximum atomic E-state index is 6.12. The third-order valence-electron chi connectivity index (χ3n) is 4.56. The van der Waals surface area contributed by atoms with Gasteiger partial charge in [0, 0.05) is 38.2 Å². The first kappa shape index (κ1) is 17.7. The third kappa shape index (κ3) is 4.17. The number of nitrogens with zero attached hydrogens (tertiary/aromatic N) is 5. The molecule has 27 heavy (non-hydrogen) atoms. The van der Waals surface area contributed by atoms with Crippen LogP contribution in [-0.2, 0) is 9.47 Å². The van der Waals surface area contributed by atoms with Crippen LogP contribution in [0.4, 0.5) is 17.6 Å². The SMILES string of the molecule is Nc1ncc(-c2nc(OC3CCOCC3)cc(N3CCOCC3)n2)c(N)n1. The van der Waals surface area contributed by atoms with Gasteiger partial charge in [0.15, 0.2) is 5.82 Å². The fourth-order valence-electron chi connectivity index (χ4n) is 3.09. The molecule has 10 nitrogen and oxygen atoms in total. The number of rotatable bonds is 4. The minimum Gasteiger partial charge on any atom is -0.474 e. The number of hydrogen-bond donors (Lipinski definition) is 2. The molecule has 0 atom stereocenters. The Kier molecular flexibility index (Phi) is 5.16. The lowest BCUT2D eigenvalue weighted by Gasteiger charge is -2.29. The molecule has 2 aliphatic rings. The molecule has 144 valence electrons. The van der Waals surface area contributed by atoms with Gasteiger partial charge in [-0.1, -0.05) is 0 Å². The highest BCUT2D eigenvalue weighted by atomic mass is 16.5. The summed E-state index contributed by atoms with van der Waals surface area (Å²) in [5.41, 5.74) is 12.1. The van der Waals surface area contributed by atoms with Gasteiger partial charge in [0.2, 0.25) is 11.8 Å². The van der Waals surface area contributed by atoms with E-state index in [1.807, 2.05) is 6.07 Å². The van der Waals surface area contributed by atoms with E-state index < -0.39 is 0 Å². The van der Waals surface area contributed by atoms with E-state index in [4.69, 9.17) is 25.7 Å². The number of nitrogen functional groups attached to an aromatic ring is 2. The Morgan fingerprint density at radius 1 is 1.00 bits per heavy atom. The van der Waals surface area contributed by atoms with Crippen molar-refractivity contribution in [3.63, 3.8) is 0 Å². The number of hydrogen-bond acceptors (Lipinski definition) is 10. The van der Waals surface area contributed by atoms with Gasteiger partial charge >= 0.3 is 0 Å². The van der Waals surface area contributed by atoms with Crippen LogP contribution >= 0.6 is 0 Å². The summed E-state index contributed by atoms with van der Waals surface area (Å²) < 4.78 is 16.9. The highest BCUT2D eigenvalue weighted by Gasteiger charge is 2.21. The van der Waals surface area contributed by atoms with Gasteiger partial charge in [0.05, 0.1) is 32.0 Å². The first-order chi connectivity index (χ1) is 13.2. The highest BCUT2D eigenvalue weighted by molar-refractivity contribution is 5.69. The van der Waals surface area contributed by atoms with Crippen LogP contribution in [0.5, 0.6) is 5.88 Å². The zero-order chi connectivity index (χ0) is 18.6. The van der Waals surface area contributed by atoms with E-state index in [2.05, 4.69) is 24.8 Å². The van der Waals surface area contributed by atoms with E-state index >= 15 is 0 Å². The summed E-state index contributed by atoms with van der Waals surface area (Å²) in [6.07, 6.45) is 3.27. The van der Waals surface area contributed by atoms with Crippen molar-refractivity contribution in [2.24, 2.45) is 0 Å². The van der Waals surface area contributed by atoms with Crippen molar-refractivity contribution in [2.75, 3.05) is 55.9 Å². The van der Waals surface area contributed by atoms with Crippen molar-refractivity contribution in [2.45, 2.75) is 18.9 Å². The lowest BCUT2D eigenvalue weighted by atomic mass is 10.1. The van der Waals surface area contributed by atoms with E-state index in [0.29, 0.717) is 43.7 Å². The molecule has 2 saturated heterocycles. The van der Waals surface area contributed by atoms with Crippen LogP contribution in [0.3, 0.4) is 0 Å². The minimum atomic E-state index is 0.0686. The Balaban J connectivity index is 1.68. The van der Waals surface area contributed by atoms with Crippen LogP contribution in [0.15, 0.2) is 12.3 Å². The first-order valence-electron chi connectivity index (χ1n) is 9.03. The van der Waals surface area contributed by atoms with Crippen LogP contribution in [0.2, 0.25) is 0 Å². The first-order valence-corrected chi connectivity index (χ1v) is 9.03. The number of anilines is 3. The molecule has 0 saturated carbocycles. The van der Waals surface area contributed by atoms with Gasteiger partial charge in [-0.25, -0.2) is 9.97 Å². The number of nitrogens with two attached hydrogens (primary N) is 2. The summed E-state index contributed by atoms with van der Waals surface area (Å²) in [7, 11) is 0. The van der Waals surface area contributed by atoms with E-state index in [0.717, 1.165) is 31.7 Å². The highest BCUT2D eigenvalue weighted by Crippen LogP contribution is 2.28. The maximum Gasteiger partial charge on any atom is 0.221 e. The van der Waals surface area contributed by atoms with Crippen molar-refractivity contribution >= 4 is 17.6 Å². The molecule has 4 rings (SSSR count). The second kappa shape index (κ2) is 7.89. The van der Waals surface area contributed by atoms with Crippen LogP contribution in [-0.4, -0.2) is 65.6 Å². The van der Waals surface area contributed by atoms with Crippen LogP contribution in [0.1, 0.15) is 12.8 Å². The fraction of sp³-hybridized carbons (Fsp3) is 0.529. The summed E-state index contributed by atoms with van der Waals surface area (Å²) in [6.45, 7) is 4.20. The summed E-state index contributed by atoms with van der Waals surface area (Å²) >= 11 is 0. The second-order valence-corrected chi connectivity index (χ2v) is 6.44. The van der Waals surface area contributed by atoms with E-state index in [9.17, 15) is 0 Å². The van der Waals surface area contributed by atoms with Crippen LogP contribution in [0, 0.1) is 0 Å². The Hall–Kier alpha value is -2.72. The predicted octanol–water partition coefficient (Wildman–Crippen LogP) is 0.492.